The van der Waals surface area contributed by atoms with Gasteiger partial charge in [-0.2, -0.15) is 0 Å². The molecule has 3 aliphatic rings. The topological polar surface area (TPSA) is 211 Å². The smallest absolute Gasteiger partial charge is 0.255 e. The van der Waals surface area contributed by atoms with Gasteiger partial charge in [-0.15, -0.1) is 0 Å². The van der Waals surface area contributed by atoms with Crippen LogP contribution in [0.15, 0.2) is 120 Å². The van der Waals surface area contributed by atoms with Crippen LogP contribution in [0.25, 0.3) is 5.76 Å². The van der Waals surface area contributed by atoms with Crippen LogP contribution in [0.5, 0.6) is 5.75 Å². The van der Waals surface area contributed by atoms with Crippen molar-refractivity contribution in [3.05, 3.63) is 131 Å². The van der Waals surface area contributed by atoms with Gasteiger partial charge in [-0.25, -0.2) is 0 Å². The number of carbonyl (C=O) groups is 4. The van der Waals surface area contributed by atoms with Gasteiger partial charge in [0.1, 0.15) is 46.0 Å². The van der Waals surface area contributed by atoms with Crippen molar-refractivity contribution in [2.24, 2.45) is 17.6 Å². The Morgan fingerprint density at radius 1 is 0.778 bits per heavy atom. The number of halogens is 1. The number of benzene rings is 4. The fraction of sp³-hybridized carbons (Fsp3) is 0.347. The largest absolute Gasteiger partial charge is 1.00 e. The van der Waals surface area contributed by atoms with Gasteiger partial charge in [0, 0.05) is 17.9 Å². The molecule has 0 heterocycles. The number of aliphatic hydroxyl groups excluding tert-OH is 3. The zero-order valence-corrected chi connectivity index (χ0v) is 37.2. The van der Waals surface area contributed by atoms with Crippen LogP contribution < -0.4 is 39.4 Å². The normalized spacial score (nSPS) is 23.1. The number of carbonyl (C=O) groups excluding carboxylic acids is 4. The average Bonchev–Trinajstić information content (AvgIpc) is 3.26. The summed E-state index contributed by atoms with van der Waals surface area (Å²) >= 11 is 0. The molecular formula is C49H55ClN3O9P. The van der Waals surface area contributed by atoms with Gasteiger partial charge >= 0.3 is 0 Å². The first-order chi connectivity index (χ1) is 29.7. The number of hydrogen-bond donors (Lipinski definition) is 7. The van der Waals surface area contributed by atoms with E-state index in [2.05, 4.69) is 96.3 Å². The van der Waals surface area contributed by atoms with Gasteiger partial charge < -0.3 is 49.0 Å². The Balaban J connectivity index is 0.00000661. The molecule has 0 unspecified atom stereocenters. The SMILES string of the molecule is C[C@H]1c2ccc(NC(=O)CCCCCCCC[P+](c3ccccc3)(c3ccccc3)c3ccccc3)c(O)c2C(O)=C2C(=O)[C@]3(O)C(O)=C(C(N)=O)C(=O)[C@@H](N(C)C)[C@@H]3[C@@H](O)[C@@H]21.[Cl-]. The Morgan fingerprint density at radius 2 is 1.29 bits per heavy atom. The van der Waals surface area contributed by atoms with E-state index >= 15 is 0 Å². The van der Waals surface area contributed by atoms with Crippen molar-refractivity contribution in [1.29, 1.82) is 0 Å². The molecule has 0 bridgehead atoms. The van der Waals surface area contributed by atoms with Gasteiger partial charge in [-0.3, -0.25) is 24.1 Å². The van der Waals surface area contributed by atoms with E-state index in [4.69, 9.17) is 5.73 Å². The number of primary amides is 1. The summed E-state index contributed by atoms with van der Waals surface area (Å²) in [6.45, 7) is 1.65. The predicted octanol–water partition coefficient (Wildman–Crippen LogP) is 2.16. The molecule has 332 valence electrons. The lowest BCUT2D eigenvalue weighted by Gasteiger charge is -2.53. The molecule has 0 aromatic heterocycles. The number of amides is 2. The number of phenolic OH excluding ortho intramolecular Hbond substituents is 1. The van der Waals surface area contributed by atoms with Crippen molar-refractivity contribution in [3.8, 4) is 5.75 Å². The van der Waals surface area contributed by atoms with Crippen molar-refractivity contribution >= 4 is 58.0 Å². The fourth-order valence-electron chi connectivity index (χ4n) is 10.2. The molecule has 3 aliphatic carbocycles. The van der Waals surface area contributed by atoms with Gasteiger partial charge in [-0.1, -0.05) is 86.8 Å². The Morgan fingerprint density at radius 3 is 1.79 bits per heavy atom. The first-order valence-corrected chi connectivity index (χ1v) is 23.2. The number of likely N-dealkylation sites (N-methyl/N-ethyl adjacent to an activating group) is 1. The van der Waals surface area contributed by atoms with E-state index in [1.54, 1.807) is 13.0 Å². The maximum atomic E-state index is 14.3. The lowest BCUT2D eigenvalue weighted by atomic mass is 9.54. The first kappa shape index (κ1) is 47.1. The maximum Gasteiger partial charge on any atom is 0.255 e. The Bertz CT molecular complexity index is 2330. The van der Waals surface area contributed by atoms with Crippen LogP contribution >= 0.6 is 7.26 Å². The third-order valence-corrected chi connectivity index (χ3v) is 17.7. The minimum absolute atomic E-state index is 0. The van der Waals surface area contributed by atoms with Crippen LogP contribution in [0.2, 0.25) is 0 Å². The van der Waals surface area contributed by atoms with Crippen LogP contribution in [0, 0.1) is 11.8 Å². The number of nitrogens with two attached hydrogens (primary N) is 1. The molecule has 2 amide bonds. The van der Waals surface area contributed by atoms with Crippen molar-refractivity contribution in [2.45, 2.75) is 75.5 Å². The van der Waals surface area contributed by atoms with Crippen molar-refractivity contribution in [3.63, 3.8) is 0 Å². The molecule has 0 aliphatic heterocycles. The molecule has 0 spiro atoms. The number of Topliss-reactive ketones (excluding diaryl/α,β-unsaturated/α-hetero) is 2. The summed E-state index contributed by atoms with van der Waals surface area (Å²) in [6, 6.07) is 34.1. The minimum atomic E-state index is -3.01. The third-order valence-electron chi connectivity index (χ3n) is 13.1. The summed E-state index contributed by atoms with van der Waals surface area (Å²) in [7, 11) is 1.02. The molecule has 0 saturated heterocycles. The molecule has 1 fully saturated rings. The molecular weight excluding hydrogens is 841 g/mol. The van der Waals surface area contributed by atoms with Gasteiger partial charge in [0.15, 0.2) is 11.4 Å². The van der Waals surface area contributed by atoms with Crippen LogP contribution in [-0.2, 0) is 19.2 Å². The third kappa shape index (κ3) is 8.20. The second-order valence-electron chi connectivity index (χ2n) is 16.9. The zero-order chi connectivity index (χ0) is 44.5. The number of hydrogen-bond acceptors (Lipinski definition) is 10. The Labute approximate surface area is 374 Å². The second kappa shape index (κ2) is 19.2. The monoisotopic (exact) mass is 895 g/mol. The number of nitrogens with one attached hydrogen (secondary N) is 1. The molecule has 4 aromatic carbocycles. The number of rotatable bonds is 15. The first-order valence-electron chi connectivity index (χ1n) is 21.2. The number of fused-ring (bicyclic) bond motifs is 3. The lowest BCUT2D eigenvalue weighted by molar-refractivity contribution is -0.169. The molecule has 7 rings (SSSR count). The van der Waals surface area contributed by atoms with Crippen LogP contribution in [0.4, 0.5) is 5.69 Å². The van der Waals surface area contributed by atoms with Gasteiger partial charge in [0.05, 0.1) is 35.5 Å². The molecule has 4 aromatic rings. The van der Waals surface area contributed by atoms with E-state index in [-0.39, 0.29) is 36.0 Å². The Hall–Kier alpha value is -5.36. The summed E-state index contributed by atoms with van der Waals surface area (Å²) in [5.41, 5.74) is 1.08. The van der Waals surface area contributed by atoms with Crippen LogP contribution in [-0.4, -0.2) is 91.8 Å². The van der Waals surface area contributed by atoms with E-state index in [1.165, 1.54) is 41.0 Å². The number of phenols is 1. The quantitative estimate of drug-likeness (QED) is 0.0401. The number of unbranched alkanes of at least 4 members (excludes halogenated alkanes) is 5. The Kier molecular flexibility index (Phi) is 14.3. The van der Waals surface area contributed by atoms with E-state index in [9.17, 15) is 44.7 Å². The standard InChI is InChI=1S/C49H54N3O9P.ClH/c1-29-33-26-27-34(42(54)37(33)43(55)38-36(29)44(56)40-41(52(2)3)45(57)39(48(50)60)47(59)49(40,61)46(38)58)51-35(53)25-17-6-4-5-7-18-28-62(30-19-11-8-12-20-30,31-21-13-9-14-22-31)32-23-15-10-16-24-32;/h8-16,19-24,26-27,29,36,40-41,44,56,61H,4-7,17-18,25,28H2,1-3H3,(H5-,50,51,53,54,55,57,58,59,60);1H/t29-,36+,40+,41-,44-,49-;/m0./s1. The number of nitrogens with zero attached hydrogens (tertiary/aromatic N) is 1. The van der Waals surface area contributed by atoms with Crippen LogP contribution in [0.3, 0.4) is 0 Å². The average molecular weight is 896 g/mol. The summed E-state index contributed by atoms with van der Waals surface area (Å²) in [5, 5.41) is 64.9. The summed E-state index contributed by atoms with van der Waals surface area (Å²) in [5.74, 6) is -10.1. The molecule has 14 heteroatoms. The highest BCUT2D eigenvalue weighted by molar-refractivity contribution is 7.95. The predicted molar refractivity (Wildman–Crippen MR) is 241 cm³/mol. The zero-order valence-electron chi connectivity index (χ0n) is 35.6. The molecule has 12 nitrogen and oxygen atoms in total. The summed E-state index contributed by atoms with van der Waals surface area (Å²) < 4.78 is 0. The van der Waals surface area contributed by atoms with E-state index in [0.29, 0.717) is 12.0 Å². The van der Waals surface area contributed by atoms with Crippen LogP contribution in [0.1, 0.15) is 68.9 Å². The van der Waals surface area contributed by atoms with E-state index in [0.717, 1.165) is 38.3 Å². The fourth-order valence-corrected chi connectivity index (χ4v) is 14.6. The van der Waals surface area contributed by atoms with Crippen molar-refractivity contribution < 1.29 is 57.1 Å². The van der Waals surface area contributed by atoms with Gasteiger partial charge in [0.2, 0.25) is 11.7 Å². The molecule has 1 saturated carbocycles. The highest BCUT2D eigenvalue weighted by Gasteiger charge is 2.68. The summed E-state index contributed by atoms with van der Waals surface area (Å²) in [6.07, 6.45) is 5.07. The van der Waals surface area contributed by atoms with Crippen molar-refractivity contribution in [1.82, 2.24) is 4.90 Å². The molecule has 63 heavy (non-hydrogen) atoms. The molecule has 6 atom stereocenters. The number of ketones is 2. The van der Waals surface area contributed by atoms with E-state index in [1.807, 2.05) is 0 Å². The highest BCUT2D eigenvalue weighted by atomic mass is 35.5. The van der Waals surface area contributed by atoms with Crippen molar-refractivity contribution in [2.75, 3.05) is 25.6 Å². The number of anilines is 1. The van der Waals surface area contributed by atoms with Gasteiger partial charge in [-0.05, 0) is 87.3 Å². The highest BCUT2D eigenvalue weighted by Crippen LogP contribution is 2.58. The number of aliphatic hydroxyl groups is 4. The lowest BCUT2D eigenvalue weighted by Crippen LogP contribution is -3.00. The summed E-state index contributed by atoms with van der Waals surface area (Å²) in [4.78, 5) is 54.5. The molecule has 8 N–H and O–H groups in total. The molecule has 0 radical (unpaired) electrons. The number of aromatic hydroxyl groups is 1. The second-order valence-corrected chi connectivity index (χ2v) is 20.6. The van der Waals surface area contributed by atoms with Gasteiger partial charge in [0.25, 0.3) is 5.91 Å². The maximum absolute atomic E-state index is 14.3. The minimum Gasteiger partial charge on any atom is -1.00 e. The van der Waals surface area contributed by atoms with E-state index < -0.39 is 88.7 Å².